The molecule has 0 bridgehead atoms. The molecule has 0 spiro atoms. The number of nitrogens with two attached hydrogens (primary N) is 1. The van der Waals surface area contributed by atoms with Gasteiger partial charge in [0.05, 0.1) is 113 Å². The van der Waals surface area contributed by atoms with Gasteiger partial charge in [0, 0.05) is 172 Å². The first kappa shape index (κ1) is 121. The van der Waals surface area contributed by atoms with E-state index in [1.54, 1.807) is 66.7 Å². The molecule has 792 valence electrons. The Morgan fingerprint density at radius 1 is 0.406 bits per heavy atom. The maximum Gasteiger partial charge on any atom is 0.364 e. The monoisotopic (exact) mass is 2180 g/mol. The van der Waals surface area contributed by atoms with Crippen molar-refractivity contribution in [1.29, 1.82) is 0 Å². The van der Waals surface area contributed by atoms with Gasteiger partial charge in [-0.2, -0.15) is 0 Å². The number of sulfonamides is 2. The molecule has 6 aromatic rings. The molecule has 5 aliphatic heterocycles. The number of hydrogen-bond donors (Lipinski definition) is 8. The van der Waals surface area contributed by atoms with Crippen molar-refractivity contribution < 1.29 is 136 Å². The van der Waals surface area contributed by atoms with E-state index < -0.39 is 102 Å². The fourth-order valence-corrected chi connectivity index (χ4v) is 20.7. The highest BCUT2D eigenvalue weighted by Crippen LogP contribution is 2.43. The Morgan fingerprint density at radius 3 is 1.11 bits per heavy atom. The summed E-state index contributed by atoms with van der Waals surface area (Å²) in [7, 11) is -10.9. The normalized spacial score (nSPS) is 17.0. The van der Waals surface area contributed by atoms with Gasteiger partial charge in [0.1, 0.15) is 6.10 Å². The van der Waals surface area contributed by atoms with Crippen molar-refractivity contribution in [2.45, 2.75) is 162 Å². The Kier molecular flexibility index (Phi) is 52.4. The van der Waals surface area contributed by atoms with Crippen molar-refractivity contribution in [2.24, 2.45) is 5.73 Å². The lowest BCUT2D eigenvalue weighted by atomic mass is 9.84. The largest absolute Gasteiger partial charge is 0.382 e. The highest BCUT2D eigenvalue weighted by Gasteiger charge is 2.43. The lowest BCUT2D eigenvalue weighted by Gasteiger charge is -2.35. The van der Waals surface area contributed by atoms with Crippen LogP contribution >= 0.6 is 69.6 Å². The standard InChI is InChI=1S/C35H51Cl2N3O10S.C25H35Cl2N3O5S.C24H31Cl2NO4S.C12H12N2O10/c1-3-12-47-13-6-9-32(41)33(42)34(43)35(44)38-10-14-48-16-18-50-19-17-49-15-11-39-51(45,46)27-8-5-7-25(20-27)29-23-40(4-2)24-30-28(29)21-26(36)22-31(30)37;1-2-30-17-23(22-15-20(26)16-25(27)24(22)18-30)19-4-3-5-21(14-19)36(31,32)29-7-9-34-11-13-35-12-10-33-8-6-28;1-3-27-16-22(21-14-19(25)15-24(26)23(21)17-27)18-7-5-8-20(13-18)32(28,29)12-6-9-31-11-10-30-4-2;15-5-1-2-6(16)13(5)23-11(21)9(19)10(20)12(22)24-14-7(17)3-4-8(14)18/h5,7-8,20-22,29,33-34,39,42-43H,3-4,6,9-19,23-24H2,1-2H3,(H,38,44);3-5,14-16,23,29H,2,6-13,17-18,28H2,1H3;5,7-8,13-15,22H,3-4,6,9-12,16-17H2,1-2H3;9-10,19-20H,1-4H2. The summed E-state index contributed by atoms with van der Waals surface area (Å²) in [5.41, 5.74) is 14.3. The summed E-state index contributed by atoms with van der Waals surface area (Å²) in [6.45, 7) is 24.8. The number of nitrogens with zero attached hydrogens (tertiary/aromatic N) is 5. The summed E-state index contributed by atoms with van der Waals surface area (Å²) < 4.78 is 131. The van der Waals surface area contributed by atoms with E-state index >= 15 is 0 Å². The number of halogens is 6. The van der Waals surface area contributed by atoms with E-state index in [4.69, 9.17) is 118 Å². The minimum Gasteiger partial charge on any atom is -0.382 e. The molecule has 5 aliphatic rings. The molecule has 11 rings (SSSR count). The highest BCUT2D eigenvalue weighted by molar-refractivity contribution is 7.91. The van der Waals surface area contributed by atoms with Crippen LogP contribution in [-0.4, -0.2) is 332 Å². The number of Topliss-reactive ketones (excluding diaryl/α,β-unsaturated/α-hetero) is 1. The van der Waals surface area contributed by atoms with Crippen molar-refractivity contribution in [3.8, 4) is 0 Å². The molecule has 7 atom stereocenters. The van der Waals surface area contributed by atoms with Crippen LogP contribution in [0.25, 0.3) is 0 Å². The number of hydrogen-bond acceptors (Lipinski definition) is 33. The Balaban J connectivity index is 0.000000241. The first-order chi connectivity index (χ1) is 68.4. The van der Waals surface area contributed by atoms with Crippen LogP contribution in [0.2, 0.25) is 30.1 Å². The van der Waals surface area contributed by atoms with Gasteiger partial charge in [-0.25, -0.2) is 44.3 Å². The molecule has 6 aromatic carbocycles. The van der Waals surface area contributed by atoms with Crippen LogP contribution < -0.4 is 20.5 Å². The van der Waals surface area contributed by atoms with Gasteiger partial charge in [-0.1, -0.05) is 134 Å². The van der Waals surface area contributed by atoms with Gasteiger partial charge in [-0.05, 0) is 169 Å². The molecule has 2 fully saturated rings. The quantitative estimate of drug-likeness (QED) is 0.0131. The summed E-state index contributed by atoms with van der Waals surface area (Å²) in [6.07, 6.45) is -7.73. The highest BCUT2D eigenvalue weighted by atomic mass is 35.5. The second-order valence-electron chi connectivity index (χ2n) is 33.2. The minimum absolute atomic E-state index is 0.000165. The van der Waals surface area contributed by atoms with Gasteiger partial charge in [0.15, 0.2) is 33.9 Å². The zero-order valence-corrected chi connectivity index (χ0v) is 87.5. The van der Waals surface area contributed by atoms with E-state index in [2.05, 4.69) is 59.9 Å². The van der Waals surface area contributed by atoms with E-state index in [-0.39, 0.29) is 141 Å². The zero-order valence-electron chi connectivity index (χ0n) is 80.5. The van der Waals surface area contributed by atoms with Crippen molar-refractivity contribution in [3.05, 3.63) is 189 Å². The number of nitrogens with one attached hydrogen (secondary N) is 3. The van der Waals surface area contributed by atoms with Crippen molar-refractivity contribution in [3.63, 3.8) is 0 Å². The zero-order chi connectivity index (χ0) is 104. The molecule has 0 radical (unpaired) electrons. The number of ether oxygens (including phenoxy) is 9. The van der Waals surface area contributed by atoms with Crippen LogP contribution in [0.15, 0.2) is 124 Å². The van der Waals surface area contributed by atoms with Crippen molar-refractivity contribution >= 4 is 147 Å². The molecule has 2 saturated heterocycles. The number of fused-ring (bicyclic) bond motifs is 3. The van der Waals surface area contributed by atoms with Crippen LogP contribution in [0, 0.1) is 0 Å². The van der Waals surface area contributed by atoms with Gasteiger partial charge in [-0.15, -0.1) is 10.1 Å². The molecule has 143 heavy (non-hydrogen) atoms. The van der Waals surface area contributed by atoms with Crippen molar-refractivity contribution in [1.82, 2.24) is 39.6 Å². The number of likely N-dealkylation sites (N-methyl/N-ethyl adjacent to an activating group) is 3. The SMILES string of the molecule is CCCOCCCC(=O)C(O)C(O)C(=O)NCCOCCOCCOCCNS(=O)(=O)c1cccc(C2CN(CC)Cc3c(Cl)cc(Cl)cc32)c1.CCN1Cc2c(Cl)cc(Cl)cc2C(c2cccc(S(=O)(=O)NCCOCCOCCOCCN)c2)C1.CCOCCOCCCS(=O)(=O)c1cccc(C2CN(CC)Cc3c(Cl)cc(Cl)cc32)c1.O=C(ON1C(=O)CCC1=O)C(O)C(O)C(=O)ON1C(=O)CCC1=O. The molecule has 47 heteroatoms. The third-order valence-corrected chi connectivity index (χ3v) is 29.4. The fraction of sp³-hybridized carbons (Fsp3) is 0.542. The summed E-state index contributed by atoms with van der Waals surface area (Å²) >= 11 is 38.5. The third-order valence-electron chi connectivity index (χ3n) is 23.0. The van der Waals surface area contributed by atoms with Gasteiger partial charge >= 0.3 is 11.9 Å². The Hall–Kier alpha value is -7.49. The summed E-state index contributed by atoms with van der Waals surface area (Å²) in [4.78, 5) is 108. The molecular formula is C96H129Cl6N9O29S3. The number of imide groups is 2. The summed E-state index contributed by atoms with van der Waals surface area (Å²) in [5.74, 6) is -8.20. The fourth-order valence-electron chi connectivity index (χ4n) is 15.5. The van der Waals surface area contributed by atoms with Crippen LogP contribution in [0.5, 0.6) is 0 Å². The average Bonchev–Trinajstić information content (AvgIpc) is 1.24. The third kappa shape index (κ3) is 38.2. The van der Waals surface area contributed by atoms with Gasteiger partial charge in [0.25, 0.3) is 29.5 Å². The van der Waals surface area contributed by atoms with Gasteiger partial charge in [0.2, 0.25) is 20.0 Å². The number of rotatable bonds is 56. The smallest absolute Gasteiger partial charge is 0.364 e. The minimum atomic E-state index is -3.79. The molecule has 0 aliphatic carbocycles. The van der Waals surface area contributed by atoms with Crippen LogP contribution in [0.3, 0.4) is 0 Å². The van der Waals surface area contributed by atoms with Crippen LogP contribution in [-0.2, 0) is 140 Å². The molecule has 38 nitrogen and oxygen atoms in total. The van der Waals surface area contributed by atoms with E-state index in [1.165, 1.54) is 0 Å². The summed E-state index contributed by atoms with van der Waals surface area (Å²) in [5, 5.41) is 45.2. The van der Waals surface area contributed by atoms with Crippen LogP contribution in [0.4, 0.5) is 0 Å². The topological polar surface area (TPSA) is 500 Å². The number of ketones is 1. The second kappa shape index (κ2) is 62.1. The first-order valence-corrected chi connectivity index (χ1v) is 54.0. The average molecular weight is 2180 g/mol. The Labute approximate surface area is 864 Å². The van der Waals surface area contributed by atoms with E-state index in [9.17, 15) is 84.0 Å². The molecular weight excluding hydrogens is 2050 g/mol. The number of amides is 5. The Morgan fingerprint density at radius 2 is 0.741 bits per heavy atom. The van der Waals surface area contributed by atoms with Gasteiger partial charge in [-0.3, -0.25) is 43.5 Å². The summed E-state index contributed by atoms with van der Waals surface area (Å²) in [6, 6.07) is 32.3. The van der Waals surface area contributed by atoms with E-state index in [0.717, 1.165) is 109 Å². The maximum absolute atomic E-state index is 13.1. The van der Waals surface area contributed by atoms with Crippen molar-refractivity contribution in [2.75, 3.05) is 190 Å². The predicted molar refractivity (Wildman–Crippen MR) is 532 cm³/mol. The van der Waals surface area contributed by atoms with Gasteiger partial charge < -0.3 is 83.8 Å². The molecule has 5 heterocycles. The molecule has 0 aromatic heterocycles. The molecule has 7 unspecified atom stereocenters. The maximum atomic E-state index is 13.1. The number of carbonyl (C=O) groups excluding carboxylic acids is 8. The number of hydroxylamine groups is 4. The lowest BCUT2D eigenvalue weighted by Crippen LogP contribution is -2.47. The Bertz CT molecular complexity index is 5450. The molecule has 0 saturated carbocycles. The van der Waals surface area contributed by atoms with E-state index in [0.29, 0.717) is 134 Å². The second-order valence-corrected chi connectivity index (χ2v) is 41.4. The lowest BCUT2D eigenvalue weighted by molar-refractivity contribution is -0.216. The molecule has 5 amide bonds. The predicted octanol–water partition coefficient (Wildman–Crippen LogP) is 8.25. The number of benzene rings is 6. The number of sulfone groups is 1. The molecule has 9 N–H and O–H groups in total. The number of carbonyl (C=O) groups is 8. The number of aliphatic hydroxyl groups excluding tert-OH is 4. The number of aliphatic hydroxyl groups is 4. The first-order valence-electron chi connectivity index (χ1n) is 47.1. The van der Waals surface area contributed by atoms with E-state index in [1.807, 2.05) is 56.3 Å². The van der Waals surface area contributed by atoms with Crippen LogP contribution in [0.1, 0.15) is 154 Å².